The third-order valence-corrected chi connectivity index (χ3v) is 2.99. The first-order valence-electron chi connectivity index (χ1n) is 3.95. The van der Waals surface area contributed by atoms with Crippen molar-refractivity contribution in [3.63, 3.8) is 0 Å². The summed E-state index contributed by atoms with van der Waals surface area (Å²) in [5.74, 6) is -0.0461. The Morgan fingerprint density at radius 1 is 1.50 bits per heavy atom. The minimum absolute atomic E-state index is 0.0461. The lowest BCUT2D eigenvalue weighted by molar-refractivity contribution is 0.522. The average molecular weight is 197 g/mol. The van der Waals surface area contributed by atoms with E-state index in [1.54, 1.807) is 0 Å². The van der Waals surface area contributed by atoms with E-state index < -0.39 is 15.8 Å². The maximum absolute atomic E-state index is 11.8. The summed E-state index contributed by atoms with van der Waals surface area (Å²) >= 11 is 0. The third-order valence-electron chi connectivity index (χ3n) is 1.75. The van der Waals surface area contributed by atoms with Gasteiger partial charge in [-0.2, -0.15) is 0 Å². The summed E-state index contributed by atoms with van der Waals surface area (Å²) in [6.07, 6.45) is 1.28. The molecule has 0 aliphatic rings. The van der Waals surface area contributed by atoms with Crippen LogP contribution in [-0.2, 0) is 9.84 Å². The zero-order chi connectivity index (χ0) is 9.61. The molecule has 1 N–H and O–H groups in total. The van der Waals surface area contributed by atoms with Crippen molar-refractivity contribution in [2.75, 3.05) is 18.8 Å². The second-order valence-corrected chi connectivity index (χ2v) is 5.00. The number of hydrogen-bond acceptors (Lipinski definition) is 3. The van der Waals surface area contributed by atoms with Crippen LogP contribution in [0.3, 0.4) is 0 Å². The molecule has 0 saturated heterocycles. The molecule has 0 aliphatic carbocycles. The van der Waals surface area contributed by atoms with E-state index in [1.165, 1.54) is 0 Å². The fraction of sp³-hybridized carbons (Fsp3) is 1.00. The molecule has 0 aromatic rings. The average Bonchev–Trinajstić information content (AvgIpc) is 2.04. The maximum Gasteiger partial charge on any atom is 0.190 e. The van der Waals surface area contributed by atoms with E-state index in [1.807, 2.05) is 14.0 Å². The van der Waals surface area contributed by atoms with Crippen LogP contribution in [0, 0.1) is 0 Å². The van der Waals surface area contributed by atoms with Gasteiger partial charge in [0.25, 0.3) is 0 Å². The normalized spacial score (nSPS) is 14.6. The lowest BCUT2D eigenvalue weighted by Crippen LogP contribution is -2.22. The molecule has 0 aliphatic heterocycles. The highest BCUT2D eigenvalue weighted by Crippen LogP contribution is 2.00. The Morgan fingerprint density at radius 3 is 2.50 bits per heavy atom. The Bertz CT molecular complexity index is 203. The molecular formula is C7H16FNO2S. The summed E-state index contributed by atoms with van der Waals surface area (Å²) in [5.41, 5.74) is 0. The van der Waals surface area contributed by atoms with Crippen molar-refractivity contribution in [2.24, 2.45) is 0 Å². The van der Waals surface area contributed by atoms with Crippen molar-refractivity contribution < 1.29 is 12.8 Å². The van der Waals surface area contributed by atoms with Crippen molar-refractivity contribution in [1.29, 1.82) is 0 Å². The summed E-state index contributed by atoms with van der Waals surface area (Å²) in [6.45, 7) is 1.96. The van der Waals surface area contributed by atoms with Gasteiger partial charge in [0.1, 0.15) is 0 Å². The van der Waals surface area contributed by atoms with E-state index in [-0.39, 0.29) is 5.75 Å². The Hall–Kier alpha value is -0.160. The fourth-order valence-corrected chi connectivity index (χ4v) is 1.52. The Labute approximate surface area is 73.3 Å². The Morgan fingerprint density at radius 2 is 2.08 bits per heavy atom. The molecule has 3 nitrogen and oxygen atoms in total. The molecule has 0 spiro atoms. The Balaban J connectivity index is 3.57. The standard InChI is InChI=1S/C7H16FNO2S/c1-7(9-2)4-3-5-12(10,11)6-8/h7,9H,3-6H2,1-2H3. The van der Waals surface area contributed by atoms with Crippen LogP contribution in [0.4, 0.5) is 4.39 Å². The van der Waals surface area contributed by atoms with E-state index >= 15 is 0 Å². The number of rotatable bonds is 6. The number of nitrogens with one attached hydrogen (secondary N) is 1. The van der Waals surface area contributed by atoms with Crippen molar-refractivity contribution in [2.45, 2.75) is 25.8 Å². The van der Waals surface area contributed by atoms with Gasteiger partial charge in [0.2, 0.25) is 0 Å². The predicted molar refractivity (Wildman–Crippen MR) is 47.5 cm³/mol. The summed E-state index contributed by atoms with van der Waals surface area (Å²) in [4.78, 5) is 0. The highest BCUT2D eigenvalue weighted by molar-refractivity contribution is 7.91. The van der Waals surface area contributed by atoms with Crippen molar-refractivity contribution in [3.8, 4) is 0 Å². The van der Waals surface area contributed by atoms with Crippen LogP contribution in [0.2, 0.25) is 0 Å². The second kappa shape index (κ2) is 5.48. The molecule has 0 aromatic carbocycles. The minimum atomic E-state index is -3.42. The molecule has 1 atom stereocenters. The van der Waals surface area contributed by atoms with Gasteiger partial charge in [-0.25, -0.2) is 12.8 Å². The summed E-state index contributed by atoms with van der Waals surface area (Å²) in [7, 11) is -1.60. The van der Waals surface area contributed by atoms with Gasteiger partial charge in [-0.3, -0.25) is 0 Å². The van der Waals surface area contributed by atoms with Crippen molar-refractivity contribution in [1.82, 2.24) is 5.32 Å². The van der Waals surface area contributed by atoms with Crippen LogP contribution in [0.1, 0.15) is 19.8 Å². The predicted octanol–water partition coefficient (Wildman–Crippen LogP) is 0.716. The highest BCUT2D eigenvalue weighted by Gasteiger charge is 2.09. The van der Waals surface area contributed by atoms with Gasteiger partial charge < -0.3 is 5.32 Å². The van der Waals surface area contributed by atoms with E-state index in [9.17, 15) is 12.8 Å². The SMILES string of the molecule is CNC(C)CCCS(=O)(=O)CF. The summed E-state index contributed by atoms with van der Waals surface area (Å²) in [5, 5.41) is 2.98. The summed E-state index contributed by atoms with van der Waals surface area (Å²) < 4.78 is 33.1. The zero-order valence-corrected chi connectivity index (χ0v) is 8.32. The van der Waals surface area contributed by atoms with Gasteiger partial charge in [-0.1, -0.05) is 0 Å². The van der Waals surface area contributed by atoms with Gasteiger partial charge in [-0.15, -0.1) is 0 Å². The number of halogens is 1. The highest BCUT2D eigenvalue weighted by atomic mass is 32.2. The molecule has 5 heteroatoms. The fourth-order valence-electron chi connectivity index (χ4n) is 0.808. The molecule has 1 unspecified atom stereocenters. The molecule has 0 radical (unpaired) electrons. The quantitative estimate of drug-likeness (QED) is 0.682. The van der Waals surface area contributed by atoms with E-state index in [0.29, 0.717) is 12.5 Å². The van der Waals surface area contributed by atoms with E-state index in [0.717, 1.165) is 6.42 Å². The monoisotopic (exact) mass is 197 g/mol. The van der Waals surface area contributed by atoms with Crippen LogP contribution in [0.5, 0.6) is 0 Å². The van der Waals surface area contributed by atoms with Gasteiger partial charge in [-0.05, 0) is 26.8 Å². The Kier molecular flexibility index (Phi) is 5.41. The molecule has 74 valence electrons. The molecule has 0 saturated carbocycles. The van der Waals surface area contributed by atoms with Crippen molar-refractivity contribution >= 4 is 9.84 Å². The first kappa shape index (κ1) is 11.8. The van der Waals surface area contributed by atoms with E-state index in [2.05, 4.69) is 5.32 Å². The first-order chi connectivity index (χ1) is 5.52. The first-order valence-corrected chi connectivity index (χ1v) is 5.77. The lowest BCUT2D eigenvalue weighted by Gasteiger charge is -2.08. The van der Waals surface area contributed by atoms with Crippen LogP contribution < -0.4 is 5.32 Å². The minimum Gasteiger partial charge on any atom is -0.317 e. The molecule has 12 heavy (non-hydrogen) atoms. The summed E-state index contributed by atoms with van der Waals surface area (Å²) in [6, 6.07) is -0.944. The van der Waals surface area contributed by atoms with Crippen molar-refractivity contribution in [3.05, 3.63) is 0 Å². The van der Waals surface area contributed by atoms with Crippen LogP contribution in [0.25, 0.3) is 0 Å². The van der Waals surface area contributed by atoms with Gasteiger partial charge in [0, 0.05) is 6.04 Å². The maximum atomic E-state index is 11.8. The molecule has 0 heterocycles. The smallest absolute Gasteiger partial charge is 0.190 e. The largest absolute Gasteiger partial charge is 0.317 e. The van der Waals surface area contributed by atoms with E-state index in [4.69, 9.17) is 0 Å². The molecule has 0 aromatic heterocycles. The van der Waals surface area contributed by atoms with Gasteiger partial charge >= 0.3 is 0 Å². The lowest BCUT2D eigenvalue weighted by atomic mass is 10.2. The topological polar surface area (TPSA) is 46.2 Å². The third kappa shape index (κ3) is 5.49. The second-order valence-electron chi connectivity index (χ2n) is 2.89. The molecule has 0 fully saturated rings. The van der Waals surface area contributed by atoms with Gasteiger partial charge in [0.15, 0.2) is 15.8 Å². The van der Waals surface area contributed by atoms with Crippen LogP contribution in [-0.4, -0.2) is 33.3 Å². The molecule has 0 bridgehead atoms. The number of hydrogen-bond donors (Lipinski definition) is 1. The van der Waals surface area contributed by atoms with Crippen LogP contribution in [0.15, 0.2) is 0 Å². The zero-order valence-electron chi connectivity index (χ0n) is 7.51. The van der Waals surface area contributed by atoms with Gasteiger partial charge in [0.05, 0.1) is 5.75 Å². The molecule has 0 amide bonds. The molecule has 0 rings (SSSR count). The molecular weight excluding hydrogens is 181 g/mol. The number of sulfone groups is 1. The van der Waals surface area contributed by atoms with Crippen LogP contribution >= 0.6 is 0 Å². The number of alkyl halides is 1.